The van der Waals surface area contributed by atoms with Crippen molar-refractivity contribution in [3.63, 3.8) is 0 Å². The second kappa shape index (κ2) is 6.23. The second-order valence-corrected chi connectivity index (χ2v) is 6.95. The number of thiazole rings is 1. The molecule has 122 valence electrons. The van der Waals surface area contributed by atoms with Gasteiger partial charge >= 0.3 is 0 Å². The van der Waals surface area contributed by atoms with Crippen molar-refractivity contribution in [2.24, 2.45) is 0 Å². The molecule has 1 atom stereocenters. The van der Waals surface area contributed by atoms with Crippen molar-refractivity contribution in [3.8, 4) is 0 Å². The number of likely N-dealkylation sites (tertiary alicyclic amines) is 1. The molecule has 23 heavy (non-hydrogen) atoms. The molecule has 1 aliphatic rings. The Morgan fingerprint density at radius 3 is 2.87 bits per heavy atom. The number of amides is 1. The average Bonchev–Trinajstić information content (AvgIpc) is 2.98. The predicted molar refractivity (Wildman–Crippen MR) is 89.1 cm³/mol. The van der Waals surface area contributed by atoms with Crippen LogP contribution in [0.1, 0.15) is 51.1 Å². The Morgan fingerprint density at radius 1 is 1.39 bits per heavy atom. The highest BCUT2D eigenvalue weighted by molar-refractivity contribution is 7.09. The van der Waals surface area contributed by atoms with Crippen LogP contribution in [0.4, 0.5) is 0 Å². The maximum atomic E-state index is 12.8. The second-order valence-electron chi connectivity index (χ2n) is 6.06. The number of hydrogen-bond acceptors (Lipinski definition) is 5. The van der Waals surface area contributed by atoms with Crippen LogP contribution in [0.2, 0.25) is 0 Å². The van der Waals surface area contributed by atoms with E-state index in [4.69, 9.17) is 0 Å². The third kappa shape index (κ3) is 3.06. The summed E-state index contributed by atoms with van der Waals surface area (Å²) in [6.45, 7) is 6.84. The smallest absolute Gasteiger partial charge is 0.277 e. The predicted octanol–water partition coefficient (Wildman–Crippen LogP) is 2.17. The first kappa shape index (κ1) is 15.9. The molecule has 3 heterocycles. The highest BCUT2D eigenvalue weighted by Crippen LogP contribution is 2.29. The molecule has 2 aromatic rings. The van der Waals surface area contributed by atoms with Gasteiger partial charge in [-0.1, -0.05) is 0 Å². The molecule has 3 rings (SSSR count). The fourth-order valence-corrected chi connectivity index (χ4v) is 3.89. The molecular weight excluding hydrogens is 312 g/mol. The maximum absolute atomic E-state index is 12.8. The molecular formula is C16H20N4O2S. The Bertz CT molecular complexity index is 796. The largest absolute Gasteiger partial charge is 0.338 e. The van der Waals surface area contributed by atoms with Gasteiger partial charge in [0.2, 0.25) is 0 Å². The van der Waals surface area contributed by atoms with Gasteiger partial charge in [-0.05, 0) is 39.2 Å². The van der Waals surface area contributed by atoms with Crippen LogP contribution in [0.15, 0.2) is 10.2 Å². The first-order valence-electron chi connectivity index (χ1n) is 7.74. The Morgan fingerprint density at radius 2 is 2.17 bits per heavy atom. The molecule has 0 aliphatic carbocycles. The van der Waals surface area contributed by atoms with Crippen molar-refractivity contribution in [3.05, 3.63) is 43.3 Å². The third-order valence-electron chi connectivity index (χ3n) is 4.38. The molecule has 0 saturated carbocycles. The highest BCUT2D eigenvalue weighted by Gasteiger charge is 2.29. The molecule has 0 spiro atoms. The lowest BCUT2D eigenvalue weighted by molar-refractivity contribution is 0.0704. The maximum Gasteiger partial charge on any atom is 0.277 e. The lowest BCUT2D eigenvalue weighted by Gasteiger charge is -2.32. The van der Waals surface area contributed by atoms with Gasteiger partial charge in [0.25, 0.3) is 11.5 Å². The van der Waals surface area contributed by atoms with E-state index in [1.165, 1.54) is 0 Å². The highest BCUT2D eigenvalue weighted by atomic mass is 32.1. The average molecular weight is 332 g/mol. The lowest BCUT2D eigenvalue weighted by atomic mass is 9.97. The van der Waals surface area contributed by atoms with E-state index in [0.717, 1.165) is 23.5 Å². The normalized spacial score (nSPS) is 18.2. The number of H-pyrrole nitrogens is 1. The van der Waals surface area contributed by atoms with Gasteiger partial charge in [-0.3, -0.25) is 9.59 Å². The Labute approximate surface area is 138 Å². The number of rotatable bonds is 2. The summed E-state index contributed by atoms with van der Waals surface area (Å²) >= 11 is 1.65. The Balaban J connectivity index is 1.86. The molecule has 1 aliphatic heterocycles. The molecule has 1 amide bonds. The number of carbonyl (C=O) groups excluding carboxylic acids is 1. The monoisotopic (exact) mass is 332 g/mol. The summed E-state index contributed by atoms with van der Waals surface area (Å²) < 4.78 is 0. The summed E-state index contributed by atoms with van der Waals surface area (Å²) in [6, 6.07) is 0. The summed E-state index contributed by atoms with van der Waals surface area (Å²) in [6.07, 6.45) is 1.96. The van der Waals surface area contributed by atoms with Crippen molar-refractivity contribution in [2.45, 2.75) is 39.5 Å². The van der Waals surface area contributed by atoms with E-state index in [2.05, 4.69) is 15.2 Å². The Hall–Kier alpha value is -2.02. The third-order valence-corrected chi connectivity index (χ3v) is 5.50. The van der Waals surface area contributed by atoms with Crippen molar-refractivity contribution >= 4 is 17.2 Å². The molecule has 0 radical (unpaired) electrons. The van der Waals surface area contributed by atoms with Crippen LogP contribution in [-0.4, -0.2) is 39.1 Å². The van der Waals surface area contributed by atoms with Crippen LogP contribution in [0, 0.1) is 20.8 Å². The topological polar surface area (TPSA) is 79.0 Å². The molecule has 7 heteroatoms. The summed E-state index contributed by atoms with van der Waals surface area (Å²) in [5.41, 5.74) is 2.16. The molecule has 6 nitrogen and oxygen atoms in total. The first-order chi connectivity index (χ1) is 11.0. The van der Waals surface area contributed by atoms with E-state index >= 15 is 0 Å². The summed E-state index contributed by atoms with van der Waals surface area (Å²) in [4.78, 5) is 31.2. The van der Waals surface area contributed by atoms with Gasteiger partial charge in [0, 0.05) is 30.1 Å². The SMILES string of the molecule is Cc1csc(C2CCCN(C(=O)c3c(C)c(C)n[nH]c3=O)C2)n1. The van der Waals surface area contributed by atoms with Crippen LogP contribution in [-0.2, 0) is 0 Å². The molecule has 0 aromatic carbocycles. The van der Waals surface area contributed by atoms with Crippen molar-refractivity contribution in [2.75, 3.05) is 13.1 Å². The molecule has 1 N–H and O–H groups in total. The van der Waals surface area contributed by atoms with E-state index in [-0.39, 0.29) is 17.4 Å². The zero-order valence-corrected chi connectivity index (χ0v) is 14.4. The van der Waals surface area contributed by atoms with E-state index in [1.807, 2.05) is 12.3 Å². The molecule has 1 saturated heterocycles. The number of nitrogens with one attached hydrogen (secondary N) is 1. The molecule has 1 unspecified atom stereocenters. The number of aromatic amines is 1. The van der Waals surface area contributed by atoms with Crippen LogP contribution < -0.4 is 5.56 Å². The number of aryl methyl sites for hydroxylation is 2. The van der Waals surface area contributed by atoms with E-state index in [9.17, 15) is 9.59 Å². The fraction of sp³-hybridized carbons (Fsp3) is 0.500. The van der Waals surface area contributed by atoms with Gasteiger partial charge in [0.1, 0.15) is 5.56 Å². The zero-order valence-electron chi connectivity index (χ0n) is 13.5. The van der Waals surface area contributed by atoms with E-state index < -0.39 is 5.56 Å². The van der Waals surface area contributed by atoms with Gasteiger partial charge < -0.3 is 4.90 Å². The minimum Gasteiger partial charge on any atom is -0.338 e. The van der Waals surface area contributed by atoms with Gasteiger partial charge in [0.15, 0.2) is 0 Å². The van der Waals surface area contributed by atoms with Crippen molar-refractivity contribution in [1.29, 1.82) is 0 Å². The van der Waals surface area contributed by atoms with Gasteiger partial charge in [0.05, 0.1) is 10.7 Å². The van der Waals surface area contributed by atoms with Gasteiger partial charge in [-0.2, -0.15) is 5.10 Å². The molecule has 1 fully saturated rings. The number of piperidine rings is 1. The standard InChI is InChI=1S/C16H20N4O2S/c1-9-8-23-15(17-9)12-5-4-6-20(7-12)16(22)13-10(2)11(3)18-19-14(13)21/h8,12H,4-7H2,1-3H3,(H,19,21). The van der Waals surface area contributed by atoms with Gasteiger partial charge in [-0.25, -0.2) is 10.1 Å². The summed E-state index contributed by atoms with van der Waals surface area (Å²) in [5, 5.41) is 9.45. The van der Waals surface area contributed by atoms with Crippen LogP contribution in [0.5, 0.6) is 0 Å². The lowest BCUT2D eigenvalue weighted by Crippen LogP contribution is -2.42. The molecule has 0 bridgehead atoms. The summed E-state index contributed by atoms with van der Waals surface area (Å²) in [5.74, 6) is 0.0564. The number of aromatic nitrogens is 3. The minimum absolute atomic E-state index is 0.202. The van der Waals surface area contributed by atoms with Crippen LogP contribution >= 0.6 is 11.3 Å². The first-order valence-corrected chi connectivity index (χ1v) is 8.62. The van der Waals surface area contributed by atoms with E-state index in [0.29, 0.717) is 24.3 Å². The Kier molecular flexibility index (Phi) is 4.30. The van der Waals surface area contributed by atoms with Crippen LogP contribution in [0.3, 0.4) is 0 Å². The van der Waals surface area contributed by atoms with E-state index in [1.54, 1.807) is 30.1 Å². The zero-order chi connectivity index (χ0) is 16.6. The van der Waals surface area contributed by atoms with Crippen molar-refractivity contribution < 1.29 is 4.79 Å². The molecule has 2 aromatic heterocycles. The fourth-order valence-electron chi connectivity index (χ4n) is 2.96. The number of carbonyl (C=O) groups is 1. The summed E-state index contributed by atoms with van der Waals surface area (Å²) in [7, 11) is 0. The van der Waals surface area contributed by atoms with Crippen LogP contribution in [0.25, 0.3) is 0 Å². The van der Waals surface area contributed by atoms with Gasteiger partial charge in [-0.15, -0.1) is 11.3 Å². The number of hydrogen-bond donors (Lipinski definition) is 1. The van der Waals surface area contributed by atoms with Crippen molar-refractivity contribution in [1.82, 2.24) is 20.1 Å². The number of nitrogens with zero attached hydrogens (tertiary/aromatic N) is 3. The quantitative estimate of drug-likeness (QED) is 0.914. The minimum atomic E-state index is -0.412.